The first-order valence-electron chi connectivity index (χ1n) is 7.05. The Labute approximate surface area is 121 Å². The fourth-order valence-electron chi connectivity index (χ4n) is 2.10. The van der Waals surface area contributed by atoms with Gasteiger partial charge >= 0.3 is 0 Å². The van der Waals surface area contributed by atoms with Crippen LogP contribution in [0.2, 0.25) is 0 Å². The normalized spacial score (nSPS) is 10.2. The van der Waals surface area contributed by atoms with Crippen molar-refractivity contribution in [3.8, 4) is 0 Å². The third-order valence-electron chi connectivity index (χ3n) is 3.39. The SMILES string of the molecule is C=Cc1cc[n+](CCCC[n+]2ccc(C=C)cc2)cc1. The summed E-state index contributed by atoms with van der Waals surface area (Å²) in [5, 5.41) is 0. The molecular weight excluding hydrogens is 244 g/mol. The van der Waals surface area contributed by atoms with Gasteiger partial charge in [0.1, 0.15) is 13.1 Å². The molecule has 102 valence electrons. The molecule has 0 radical (unpaired) electrons. The highest BCUT2D eigenvalue weighted by Crippen LogP contribution is 1.98. The summed E-state index contributed by atoms with van der Waals surface area (Å²) in [6.07, 6.45) is 14.5. The molecule has 20 heavy (non-hydrogen) atoms. The summed E-state index contributed by atoms with van der Waals surface area (Å²) >= 11 is 0. The Morgan fingerprint density at radius 1 is 0.700 bits per heavy atom. The van der Waals surface area contributed by atoms with E-state index in [0.717, 1.165) is 13.1 Å². The molecule has 0 aliphatic carbocycles. The molecule has 0 aromatic carbocycles. The predicted octanol–water partition coefficient (Wildman–Crippen LogP) is 3.03. The van der Waals surface area contributed by atoms with Crippen LogP contribution in [-0.4, -0.2) is 0 Å². The van der Waals surface area contributed by atoms with E-state index in [0.29, 0.717) is 0 Å². The summed E-state index contributed by atoms with van der Waals surface area (Å²) < 4.78 is 4.44. The van der Waals surface area contributed by atoms with Crippen molar-refractivity contribution in [2.45, 2.75) is 25.9 Å². The molecule has 0 saturated heterocycles. The number of aryl methyl sites for hydroxylation is 2. The van der Waals surface area contributed by atoms with Crippen molar-refractivity contribution in [1.82, 2.24) is 0 Å². The lowest BCUT2D eigenvalue weighted by Crippen LogP contribution is -2.35. The summed E-state index contributed by atoms with van der Waals surface area (Å²) in [6.45, 7) is 9.64. The van der Waals surface area contributed by atoms with Crippen LogP contribution >= 0.6 is 0 Å². The van der Waals surface area contributed by atoms with E-state index in [1.807, 2.05) is 12.2 Å². The monoisotopic (exact) mass is 266 g/mol. The second-order valence-corrected chi connectivity index (χ2v) is 4.85. The van der Waals surface area contributed by atoms with Gasteiger partial charge in [0.05, 0.1) is 0 Å². The molecule has 2 heterocycles. The Balaban J connectivity index is 1.74. The molecule has 0 saturated carbocycles. The average molecular weight is 266 g/mol. The maximum atomic E-state index is 3.76. The number of aromatic nitrogens is 2. The first kappa shape index (κ1) is 14.2. The quantitative estimate of drug-likeness (QED) is 0.537. The van der Waals surface area contributed by atoms with Crippen LogP contribution in [0.3, 0.4) is 0 Å². The molecule has 2 aromatic rings. The highest BCUT2D eigenvalue weighted by Gasteiger charge is 2.03. The van der Waals surface area contributed by atoms with Crippen LogP contribution in [0.5, 0.6) is 0 Å². The van der Waals surface area contributed by atoms with E-state index in [1.165, 1.54) is 24.0 Å². The number of hydrogen-bond acceptors (Lipinski definition) is 0. The lowest BCUT2D eigenvalue weighted by Gasteiger charge is -1.98. The molecule has 2 rings (SSSR count). The molecule has 0 N–H and O–H groups in total. The minimum Gasteiger partial charge on any atom is -0.205 e. The van der Waals surface area contributed by atoms with Gasteiger partial charge in [-0.1, -0.05) is 25.3 Å². The smallest absolute Gasteiger partial charge is 0.169 e. The van der Waals surface area contributed by atoms with E-state index in [9.17, 15) is 0 Å². The summed E-state index contributed by atoms with van der Waals surface area (Å²) in [5.74, 6) is 0. The Morgan fingerprint density at radius 3 is 1.35 bits per heavy atom. The summed E-state index contributed by atoms with van der Waals surface area (Å²) in [4.78, 5) is 0. The lowest BCUT2D eigenvalue weighted by atomic mass is 10.2. The lowest BCUT2D eigenvalue weighted by molar-refractivity contribution is -0.708. The van der Waals surface area contributed by atoms with Crippen molar-refractivity contribution in [1.29, 1.82) is 0 Å². The minimum absolute atomic E-state index is 1.06. The van der Waals surface area contributed by atoms with Crippen LogP contribution < -0.4 is 9.13 Å². The van der Waals surface area contributed by atoms with Crippen molar-refractivity contribution in [2.75, 3.05) is 0 Å². The number of unbranched alkanes of at least 4 members (excludes halogenated alkanes) is 1. The van der Waals surface area contributed by atoms with Crippen LogP contribution in [0.1, 0.15) is 24.0 Å². The zero-order valence-electron chi connectivity index (χ0n) is 11.9. The first-order chi connectivity index (χ1) is 9.81. The van der Waals surface area contributed by atoms with E-state index < -0.39 is 0 Å². The molecule has 0 unspecified atom stereocenters. The molecule has 0 bridgehead atoms. The van der Waals surface area contributed by atoms with Crippen molar-refractivity contribution in [2.24, 2.45) is 0 Å². The molecule has 0 aliphatic rings. The van der Waals surface area contributed by atoms with Crippen LogP contribution in [0, 0.1) is 0 Å². The summed E-state index contributed by atoms with van der Waals surface area (Å²) in [7, 11) is 0. The van der Waals surface area contributed by atoms with Gasteiger partial charge in [-0.2, -0.15) is 0 Å². The zero-order chi connectivity index (χ0) is 14.2. The van der Waals surface area contributed by atoms with E-state index >= 15 is 0 Å². The van der Waals surface area contributed by atoms with Crippen molar-refractivity contribution in [3.63, 3.8) is 0 Å². The van der Waals surface area contributed by atoms with Crippen LogP contribution in [0.15, 0.2) is 62.2 Å². The maximum Gasteiger partial charge on any atom is 0.169 e. The van der Waals surface area contributed by atoms with Gasteiger partial charge in [0.25, 0.3) is 0 Å². The first-order valence-corrected chi connectivity index (χ1v) is 7.05. The average Bonchev–Trinajstić information content (AvgIpc) is 2.53. The van der Waals surface area contributed by atoms with Gasteiger partial charge in [-0.05, 0) is 11.1 Å². The van der Waals surface area contributed by atoms with Gasteiger partial charge in [0.2, 0.25) is 0 Å². The number of hydrogen-bond donors (Lipinski definition) is 0. The zero-order valence-corrected chi connectivity index (χ0v) is 11.9. The molecule has 0 spiro atoms. The van der Waals surface area contributed by atoms with Crippen LogP contribution in [0.25, 0.3) is 12.2 Å². The van der Waals surface area contributed by atoms with E-state index in [1.54, 1.807) is 0 Å². The summed E-state index contributed by atoms with van der Waals surface area (Å²) in [6, 6.07) is 8.37. The van der Waals surface area contributed by atoms with Gasteiger partial charge in [-0.25, -0.2) is 9.13 Å². The third-order valence-corrected chi connectivity index (χ3v) is 3.39. The Morgan fingerprint density at radius 2 is 1.05 bits per heavy atom. The van der Waals surface area contributed by atoms with Gasteiger partial charge in [-0.3, -0.25) is 0 Å². The molecule has 2 heteroatoms. The van der Waals surface area contributed by atoms with Crippen molar-refractivity contribution >= 4 is 12.2 Å². The molecule has 0 amide bonds. The molecule has 0 atom stereocenters. The Hall–Kier alpha value is -2.22. The van der Waals surface area contributed by atoms with E-state index in [-0.39, 0.29) is 0 Å². The second kappa shape index (κ2) is 7.39. The largest absolute Gasteiger partial charge is 0.205 e. The van der Waals surface area contributed by atoms with Gasteiger partial charge in [-0.15, -0.1) is 0 Å². The molecule has 0 aliphatic heterocycles. The molecular formula is C18H22N2+2. The van der Waals surface area contributed by atoms with Gasteiger partial charge < -0.3 is 0 Å². The second-order valence-electron chi connectivity index (χ2n) is 4.85. The molecule has 2 aromatic heterocycles. The third kappa shape index (κ3) is 4.16. The van der Waals surface area contributed by atoms with E-state index in [4.69, 9.17) is 0 Å². The number of nitrogens with zero attached hydrogens (tertiary/aromatic N) is 2. The van der Waals surface area contributed by atoms with Crippen molar-refractivity contribution in [3.05, 3.63) is 73.3 Å². The summed E-state index contributed by atoms with van der Waals surface area (Å²) in [5.41, 5.74) is 2.33. The van der Waals surface area contributed by atoms with Crippen molar-refractivity contribution < 1.29 is 9.13 Å². The number of rotatable bonds is 7. The highest BCUT2D eigenvalue weighted by molar-refractivity contribution is 5.44. The minimum atomic E-state index is 1.06. The standard InChI is InChI=1S/C18H22N2/c1-3-17-7-13-19(14-8-17)11-5-6-12-20-15-9-18(4-2)10-16-20/h3-4,7-10,13-16H,1-2,5-6,11-12H2/q+2. The fourth-order valence-corrected chi connectivity index (χ4v) is 2.10. The van der Waals surface area contributed by atoms with Gasteiger partial charge in [0, 0.05) is 37.1 Å². The highest BCUT2D eigenvalue weighted by atomic mass is 14.9. The Kier molecular flexibility index (Phi) is 5.24. The molecule has 2 nitrogen and oxygen atoms in total. The van der Waals surface area contributed by atoms with Crippen LogP contribution in [-0.2, 0) is 13.1 Å². The Bertz CT molecular complexity index is 499. The topological polar surface area (TPSA) is 7.76 Å². The maximum absolute atomic E-state index is 3.76. The fraction of sp³-hybridized carbons (Fsp3) is 0.222. The van der Waals surface area contributed by atoms with Gasteiger partial charge in [0.15, 0.2) is 24.8 Å². The predicted molar refractivity (Wildman–Crippen MR) is 82.7 cm³/mol. The number of pyridine rings is 2. The molecule has 0 fully saturated rings. The van der Waals surface area contributed by atoms with E-state index in [2.05, 4.69) is 71.3 Å². The van der Waals surface area contributed by atoms with Crippen LogP contribution in [0.4, 0.5) is 0 Å².